The number of ether oxygens (including phenoxy) is 2. The number of aromatic nitrogens is 3. The number of sulfonamides is 1. The number of rotatable bonds is 8. The fourth-order valence-electron chi connectivity index (χ4n) is 4.64. The number of hydrogen-bond donors (Lipinski definition) is 2. The van der Waals surface area contributed by atoms with Crippen molar-refractivity contribution in [3.05, 3.63) is 83.9 Å². The second-order valence-electron chi connectivity index (χ2n) is 11.3. The zero-order valence-electron chi connectivity index (χ0n) is 24.8. The Morgan fingerprint density at radius 3 is 2.62 bits per heavy atom. The first kappa shape index (κ1) is 31.9. The molecule has 3 heterocycles. The van der Waals surface area contributed by atoms with Crippen molar-refractivity contribution in [1.29, 1.82) is 0 Å². The fourth-order valence-corrected chi connectivity index (χ4v) is 6.05. The van der Waals surface area contributed by atoms with Crippen molar-refractivity contribution in [3.63, 3.8) is 0 Å². The highest BCUT2D eigenvalue weighted by molar-refractivity contribution is 7.92. The van der Waals surface area contributed by atoms with Crippen LogP contribution in [0.3, 0.4) is 0 Å². The number of halogens is 2. The fraction of sp³-hybridized carbons (Fsp3) is 0.290. The van der Waals surface area contributed by atoms with Gasteiger partial charge in [0.25, 0.3) is 10.0 Å². The van der Waals surface area contributed by atoms with E-state index in [1.165, 1.54) is 30.5 Å². The summed E-state index contributed by atoms with van der Waals surface area (Å²) in [6, 6.07) is 14.9. The molecule has 4 aromatic rings. The minimum Gasteiger partial charge on any atom is -0.444 e. The lowest BCUT2D eigenvalue weighted by molar-refractivity contribution is 0.0206. The van der Waals surface area contributed by atoms with E-state index in [0.29, 0.717) is 30.3 Å². The Labute approximate surface area is 265 Å². The molecule has 0 saturated carbocycles. The van der Waals surface area contributed by atoms with Gasteiger partial charge in [0.15, 0.2) is 11.6 Å². The van der Waals surface area contributed by atoms with E-state index in [1.807, 2.05) is 20.8 Å². The SMILES string of the molecule is CC(C)(C)OC(=O)N1CCC[C@H](Nc2nccc(-c3cccnc3Oc3cccc(S(=O)(=O)Nc4ccccc4Cl)c3F)n2)C1. The molecule has 2 aromatic carbocycles. The molecule has 0 unspecified atom stereocenters. The number of carbonyl (C=O) groups excluding carboxylic acids is 1. The molecule has 1 aliphatic rings. The van der Waals surface area contributed by atoms with E-state index in [1.54, 1.807) is 41.4 Å². The first-order valence-electron chi connectivity index (χ1n) is 14.2. The molecule has 0 aliphatic carbocycles. The van der Waals surface area contributed by atoms with Crippen LogP contribution in [0.2, 0.25) is 5.02 Å². The maximum absolute atomic E-state index is 15.6. The van der Waals surface area contributed by atoms with Crippen molar-refractivity contribution >= 4 is 39.4 Å². The summed E-state index contributed by atoms with van der Waals surface area (Å²) in [6.45, 7) is 6.50. The molecule has 11 nitrogen and oxygen atoms in total. The number of likely N-dealkylation sites (tertiary alicyclic amines) is 1. The molecule has 236 valence electrons. The van der Waals surface area contributed by atoms with Crippen LogP contribution in [0.1, 0.15) is 33.6 Å². The van der Waals surface area contributed by atoms with E-state index in [9.17, 15) is 13.2 Å². The molecule has 0 spiro atoms. The molecule has 1 fully saturated rings. The van der Waals surface area contributed by atoms with Crippen LogP contribution in [0.15, 0.2) is 78.0 Å². The highest BCUT2D eigenvalue weighted by atomic mass is 35.5. The van der Waals surface area contributed by atoms with Gasteiger partial charge in [-0.3, -0.25) is 4.72 Å². The summed E-state index contributed by atoms with van der Waals surface area (Å²) in [6.07, 6.45) is 4.24. The van der Waals surface area contributed by atoms with Gasteiger partial charge in [0, 0.05) is 31.5 Å². The third kappa shape index (κ3) is 7.97. The maximum atomic E-state index is 15.6. The van der Waals surface area contributed by atoms with Crippen molar-refractivity contribution in [3.8, 4) is 22.9 Å². The molecular weight excluding hydrogens is 623 g/mol. The van der Waals surface area contributed by atoms with Crippen LogP contribution >= 0.6 is 11.6 Å². The van der Waals surface area contributed by atoms with Gasteiger partial charge in [-0.05, 0) is 76.1 Å². The highest BCUT2D eigenvalue weighted by Crippen LogP contribution is 2.34. The number of anilines is 2. The van der Waals surface area contributed by atoms with Gasteiger partial charge in [-0.2, -0.15) is 0 Å². The summed E-state index contributed by atoms with van der Waals surface area (Å²) >= 11 is 6.09. The van der Waals surface area contributed by atoms with Crippen LogP contribution in [0.4, 0.5) is 20.8 Å². The van der Waals surface area contributed by atoms with Gasteiger partial charge >= 0.3 is 6.09 Å². The zero-order chi connectivity index (χ0) is 32.2. The topological polar surface area (TPSA) is 136 Å². The molecule has 1 atom stereocenters. The van der Waals surface area contributed by atoms with Crippen molar-refractivity contribution in [2.45, 2.75) is 50.2 Å². The van der Waals surface area contributed by atoms with Crippen molar-refractivity contribution < 1.29 is 27.1 Å². The van der Waals surface area contributed by atoms with Crippen LogP contribution < -0.4 is 14.8 Å². The normalized spacial score (nSPS) is 15.3. The van der Waals surface area contributed by atoms with E-state index in [4.69, 9.17) is 21.1 Å². The maximum Gasteiger partial charge on any atom is 0.410 e. The third-order valence-electron chi connectivity index (χ3n) is 6.65. The summed E-state index contributed by atoms with van der Waals surface area (Å²) in [5.74, 6) is -1.13. The van der Waals surface area contributed by atoms with E-state index >= 15 is 4.39 Å². The van der Waals surface area contributed by atoms with Crippen LogP contribution in [-0.4, -0.2) is 59.1 Å². The molecule has 0 radical (unpaired) electrons. The Kier molecular flexibility index (Phi) is 9.40. The van der Waals surface area contributed by atoms with E-state index in [2.05, 4.69) is 25.0 Å². The zero-order valence-corrected chi connectivity index (χ0v) is 26.4. The molecule has 1 amide bonds. The average Bonchev–Trinajstić information content (AvgIpc) is 2.99. The molecule has 0 bridgehead atoms. The quantitative estimate of drug-likeness (QED) is 0.212. The number of para-hydroxylation sites is 1. The smallest absolute Gasteiger partial charge is 0.410 e. The van der Waals surface area contributed by atoms with E-state index in [0.717, 1.165) is 18.9 Å². The Hall–Kier alpha value is -4.49. The molecule has 1 aliphatic heterocycles. The van der Waals surface area contributed by atoms with Crippen LogP contribution in [-0.2, 0) is 14.8 Å². The monoisotopic (exact) mass is 654 g/mol. The predicted molar refractivity (Wildman–Crippen MR) is 168 cm³/mol. The van der Waals surface area contributed by atoms with Gasteiger partial charge in [-0.15, -0.1) is 0 Å². The number of benzene rings is 2. The Balaban J connectivity index is 1.35. The highest BCUT2D eigenvalue weighted by Gasteiger charge is 2.28. The first-order valence-corrected chi connectivity index (χ1v) is 16.0. The minimum absolute atomic E-state index is 0.00317. The van der Waals surface area contributed by atoms with Crippen molar-refractivity contribution in [2.24, 2.45) is 0 Å². The van der Waals surface area contributed by atoms with Gasteiger partial charge in [-0.25, -0.2) is 32.6 Å². The number of carbonyl (C=O) groups is 1. The lowest BCUT2D eigenvalue weighted by Crippen LogP contribution is -2.47. The number of pyridine rings is 1. The summed E-state index contributed by atoms with van der Waals surface area (Å²) < 4.78 is 55.4. The molecule has 45 heavy (non-hydrogen) atoms. The summed E-state index contributed by atoms with van der Waals surface area (Å²) in [7, 11) is -4.35. The number of nitrogens with zero attached hydrogens (tertiary/aromatic N) is 4. The molecule has 2 aromatic heterocycles. The molecule has 1 saturated heterocycles. The molecule has 2 N–H and O–H groups in total. The van der Waals surface area contributed by atoms with Crippen LogP contribution in [0.5, 0.6) is 11.6 Å². The Morgan fingerprint density at radius 2 is 1.84 bits per heavy atom. The van der Waals surface area contributed by atoms with Gasteiger partial charge in [-0.1, -0.05) is 29.8 Å². The molecule has 14 heteroatoms. The Bertz CT molecular complexity index is 1800. The Morgan fingerprint density at radius 1 is 1.04 bits per heavy atom. The summed E-state index contributed by atoms with van der Waals surface area (Å²) in [5.41, 5.74) is 0.365. The lowest BCUT2D eigenvalue weighted by atomic mass is 10.1. The third-order valence-corrected chi connectivity index (χ3v) is 8.36. The van der Waals surface area contributed by atoms with Gasteiger partial charge in [0.05, 0.1) is 22.0 Å². The van der Waals surface area contributed by atoms with Crippen LogP contribution in [0.25, 0.3) is 11.3 Å². The number of nitrogens with one attached hydrogen (secondary N) is 2. The second kappa shape index (κ2) is 13.2. The van der Waals surface area contributed by atoms with Crippen molar-refractivity contribution in [1.82, 2.24) is 19.9 Å². The number of amides is 1. The molecule has 5 rings (SSSR count). The molecular formula is C31H32ClFN6O5S. The second-order valence-corrected chi connectivity index (χ2v) is 13.3. The van der Waals surface area contributed by atoms with Crippen LogP contribution in [0, 0.1) is 5.82 Å². The standard InChI is InChI=1S/C31H32ClFN6O5S/c1-31(2,3)44-30(40)39-18-8-9-20(19-39)36-29-35-17-15-23(37-29)21-10-7-16-34-28(21)43-25-13-6-14-26(27(25)33)45(41,42)38-24-12-5-4-11-22(24)32/h4-7,10-17,20,38H,8-9,18-19H2,1-3H3,(H,35,36,37)/t20-/m0/s1. The number of hydrogen-bond acceptors (Lipinski definition) is 9. The van der Waals surface area contributed by atoms with E-state index < -0.39 is 26.3 Å². The number of piperidine rings is 1. The van der Waals surface area contributed by atoms with Gasteiger partial charge in [0.1, 0.15) is 10.5 Å². The van der Waals surface area contributed by atoms with Crippen molar-refractivity contribution in [2.75, 3.05) is 23.1 Å². The first-order chi connectivity index (χ1) is 21.4. The predicted octanol–water partition coefficient (Wildman–Crippen LogP) is 6.74. The van der Waals surface area contributed by atoms with Gasteiger partial charge < -0.3 is 19.7 Å². The summed E-state index contributed by atoms with van der Waals surface area (Å²) in [4.78, 5) is 26.8. The summed E-state index contributed by atoms with van der Waals surface area (Å²) in [5, 5.41) is 3.45. The lowest BCUT2D eigenvalue weighted by Gasteiger charge is -2.34. The minimum atomic E-state index is -4.35. The van der Waals surface area contributed by atoms with E-state index in [-0.39, 0.29) is 34.5 Å². The van der Waals surface area contributed by atoms with Gasteiger partial charge in [0.2, 0.25) is 11.8 Å². The average molecular weight is 655 g/mol. The largest absolute Gasteiger partial charge is 0.444 e.